The predicted octanol–water partition coefficient (Wildman–Crippen LogP) is 6.64. The molecule has 2 aromatic rings. The van der Waals surface area contributed by atoms with Gasteiger partial charge in [-0.3, -0.25) is 4.79 Å². The molecule has 2 atom stereocenters. The van der Waals surface area contributed by atoms with Gasteiger partial charge in [-0.05, 0) is 99.8 Å². The lowest BCUT2D eigenvalue weighted by Gasteiger charge is -2.41. The van der Waals surface area contributed by atoms with Crippen LogP contribution in [-0.4, -0.2) is 54.1 Å². The Morgan fingerprint density at radius 1 is 1.10 bits per heavy atom. The largest absolute Gasteiger partial charge is 0.473 e. The van der Waals surface area contributed by atoms with E-state index in [1.54, 1.807) is 17.9 Å². The average Bonchev–Trinajstić information content (AvgIpc) is 3.43. The second-order valence-corrected chi connectivity index (χ2v) is 12.0. The van der Waals surface area contributed by atoms with E-state index in [9.17, 15) is 22.8 Å². The number of rotatable bonds is 6. The molecule has 2 aliphatic heterocycles. The average molecular weight is 573 g/mol. The van der Waals surface area contributed by atoms with Gasteiger partial charge >= 0.3 is 12.1 Å². The first-order valence-electron chi connectivity index (χ1n) is 14.6. The van der Waals surface area contributed by atoms with E-state index in [-0.39, 0.29) is 37.1 Å². The Kier molecular flexibility index (Phi) is 8.37. The number of halogens is 3. The Hall–Kier alpha value is -3.07. The second-order valence-electron chi connectivity index (χ2n) is 12.0. The van der Waals surface area contributed by atoms with Crippen molar-refractivity contribution in [1.82, 2.24) is 9.80 Å². The van der Waals surface area contributed by atoms with Crippen LogP contribution in [0.25, 0.3) is 0 Å². The molecule has 0 spiro atoms. The maximum atomic E-state index is 14.0. The van der Waals surface area contributed by atoms with Crippen molar-refractivity contribution < 1.29 is 32.2 Å². The Labute approximate surface area is 239 Å². The first-order valence-corrected chi connectivity index (χ1v) is 14.6. The molecule has 0 aromatic heterocycles. The van der Waals surface area contributed by atoms with Gasteiger partial charge in [0.1, 0.15) is 5.75 Å². The maximum absolute atomic E-state index is 14.0. The highest BCUT2D eigenvalue weighted by Crippen LogP contribution is 2.49. The van der Waals surface area contributed by atoms with Gasteiger partial charge < -0.3 is 19.3 Å². The van der Waals surface area contributed by atoms with E-state index in [1.807, 2.05) is 12.1 Å². The van der Waals surface area contributed by atoms with Crippen LogP contribution in [0.4, 0.5) is 13.2 Å². The Balaban J connectivity index is 1.23. The fourth-order valence-corrected chi connectivity index (χ4v) is 6.92. The first kappa shape index (κ1) is 29.4. The molecule has 41 heavy (non-hydrogen) atoms. The zero-order chi connectivity index (χ0) is 29.4. The highest BCUT2D eigenvalue weighted by atomic mass is 19.4. The Morgan fingerprint density at radius 3 is 2.54 bits per heavy atom. The molecule has 222 valence electrons. The summed E-state index contributed by atoms with van der Waals surface area (Å²) >= 11 is 0. The molecule has 6 nitrogen and oxygen atoms in total. The summed E-state index contributed by atoms with van der Waals surface area (Å²) in [5.41, 5.74) is 0.832. The molecule has 9 heteroatoms. The SMILES string of the molecule is CCOC(=O)c1cccc(C2CCN([C@@H]3CCC(C(=O)N4COc5ccc(C(F)(F)F)cc5C4)(C(C)C)C3)CC2)c1. The van der Waals surface area contributed by atoms with Gasteiger partial charge in [-0.2, -0.15) is 13.2 Å². The van der Waals surface area contributed by atoms with E-state index in [1.165, 1.54) is 6.07 Å². The van der Waals surface area contributed by atoms with E-state index in [0.29, 0.717) is 29.4 Å². The molecule has 1 saturated carbocycles. The highest BCUT2D eigenvalue weighted by molar-refractivity contribution is 5.89. The third-order valence-electron chi connectivity index (χ3n) is 9.38. The van der Waals surface area contributed by atoms with Gasteiger partial charge in [0.2, 0.25) is 5.91 Å². The van der Waals surface area contributed by atoms with Crippen LogP contribution in [0.1, 0.15) is 85.8 Å². The standard InChI is InChI=1S/C32H39F3N2O4/c1-4-40-29(38)24-7-5-6-23(16-24)22-11-14-36(15-12-22)27-10-13-31(18-27,21(2)3)30(39)37-19-25-17-26(32(33,34)35)8-9-28(25)41-20-37/h5-9,16-17,21-22,27H,4,10-15,18-20H2,1-3H3/t27-,31?/m1/s1. The molecule has 2 aromatic carbocycles. The number of likely N-dealkylation sites (tertiary alicyclic amines) is 1. The number of ether oxygens (including phenoxy) is 2. The number of nitrogens with zero attached hydrogens (tertiary/aromatic N) is 2. The van der Waals surface area contributed by atoms with Crippen molar-refractivity contribution in [1.29, 1.82) is 0 Å². The lowest BCUT2D eigenvalue weighted by atomic mass is 9.74. The number of hydrogen-bond acceptors (Lipinski definition) is 5. The predicted molar refractivity (Wildman–Crippen MR) is 148 cm³/mol. The van der Waals surface area contributed by atoms with Crippen LogP contribution in [0.2, 0.25) is 0 Å². The smallest absolute Gasteiger partial charge is 0.416 e. The number of carbonyl (C=O) groups excluding carboxylic acids is 2. The van der Waals surface area contributed by atoms with Gasteiger partial charge in [-0.25, -0.2) is 4.79 Å². The van der Waals surface area contributed by atoms with E-state index in [0.717, 1.165) is 62.9 Å². The summed E-state index contributed by atoms with van der Waals surface area (Å²) in [7, 11) is 0. The Bertz CT molecular complexity index is 1270. The zero-order valence-electron chi connectivity index (χ0n) is 24.0. The molecule has 1 saturated heterocycles. The topological polar surface area (TPSA) is 59.1 Å². The molecule has 0 bridgehead atoms. The summed E-state index contributed by atoms with van der Waals surface area (Å²) in [5.74, 6) is 0.539. The summed E-state index contributed by atoms with van der Waals surface area (Å²) in [6, 6.07) is 11.5. The number of carbonyl (C=O) groups is 2. The second kappa shape index (κ2) is 11.7. The summed E-state index contributed by atoms with van der Waals surface area (Å²) in [6.45, 7) is 8.30. The molecular formula is C32H39F3N2O4. The van der Waals surface area contributed by atoms with Crippen molar-refractivity contribution in [3.63, 3.8) is 0 Å². The van der Waals surface area contributed by atoms with Gasteiger partial charge in [0.05, 0.1) is 29.7 Å². The van der Waals surface area contributed by atoms with E-state index in [2.05, 4.69) is 24.8 Å². The minimum absolute atomic E-state index is 0.0243. The van der Waals surface area contributed by atoms with Crippen LogP contribution in [0.3, 0.4) is 0 Å². The number of amides is 1. The molecule has 5 rings (SSSR count). The number of fused-ring (bicyclic) bond motifs is 1. The number of hydrogen-bond donors (Lipinski definition) is 0. The molecule has 1 aliphatic carbocycles. The number of benzene rings is 2. The van der Waals surface area contributed by atoms with Crippen LogP contribution >= 0.6 is 0 Å². The molecule has 0 radical (unpaired) electrons. The highest BCUT2D eigenvalue weighted by Gasteiger charge is 2.51. The van der Waals surface area contributed by atoms with Crippen molar-refractivity contribution in [2.24, 2.45) is 11.3 Å². The van der Waals surface area contributed by atoms with Gasteiger partial charge in [-0.1, -0.05) is 26.0 Å². The number of alkyl halides is 3. The molecule has 1 amide bonds. The minimum Gasteiger partial charge on any atom is -0.473 e. The fraction of sp³-hybridized carbons (Fsp3) is 0.562. The lowest BCUT2D eigenvalue weighted by Crippen LogP contribution is -2.49. The maximum Gasteiger partial charge on any atom is 0.416 e. The summed E-state index contributed by atoms with van der Waals surface area (Å²) < 4.78 is 50.8. The van der Waals surface area contributed by atoms with Crippen LogP contribution in [-0.2, 0) is 22.3 Å². The third-order valence-corrected chi connectivity index (χ3v) is 9.38. The van der Waals surface area contributed by atoms with Gasteiger partial charge in [0.15, 0.2) is 6.73 Å². The number of esters is 1. The van der Waals surface area contributed by atoms with E-state index in [4.69, 9.17) is 9.47 Å². The molecule has 3 aliphatic rings. The molecular weight excluding hydrogens is 533 g/mol. The van der Waals surface area contributed by atoms with E-state index >= 15 is 0 Å². The van der Waals surface area contributed by atoms with Crippen molar-refractivity contribution in [3.05, 3.63) is 64.7 Å². The monoisotopic (exact) mass is 572 g/mol. The van der Waals surface area contributed by atoms with Crippen LogP contribution in [0.5, 0.6) is 5.75 Å². The summed E-state index contributed by atoms with van der Waals surface area (Å²) in [6.07, 6.45) is -0.0970. The van der Waals surface area contributed by atoms with Crippen LogP contribution in [0.15, 0.2) is 42.5 Å². The van der Waals surface area contributed by atoms with Gasteiger partial charge in [-0.15, -0.1) is 0 Å². The molecule has 2 fully saturated rings. The minimum atomic E-state index is -4.45. The van der Waals surface area contributed by atoms with Crippen molar-refractivity contribution >= 4 is 11.9 Å². The van der Waals surface area contributed by atoms with Crippen LogP contribution in [0, 0.1) is 11.3 Å². The van der Waals surface area contributed by atoms with Crippen LogP contribution < -0.4 is 4.74 Å². The molecule has 2 heterocycles. The quantitative estimate of drug-likeness (QED) is 0.364. The number of piperidine rings is 1. The summed E-state index contributed by atoms with van der Waals surface area (Å²) in [5, 5.41) is 0. The van der Waals surface area contributed by atoms with Crippen molar-refractivity contribution in [3.8, 4) is 5.75 Å². The first-order chi connectivity index (χ1) is 19.5. The zero-order valence-corrected chi connectivity index (χ0v) is 24.0. The Morgan fingerprint density at radius 2 is 1.85 bits per heavy atom. The van der Waals surface area contributed by atoms with Crippen molar-refractivity contribution in [2.75, 3.05) is 26.4 Å². The normalized spacial score (nSPS) is 23.8. The molecule has 0 N–H and O–H groups in total. The lowest BCUT2D eigenvalue weighted by molar-refractivity contribution is -0.150. The molecule has 1 unspecified atom stereocenters. The van der Waals surface area contributed by atoms with Crippen molar-refractivity contribution in [2.45, 2.75) is 77.6 Å². The summed E-state index contributed by atoms with van der Waals surface area (Å²) in [4.78, 5) is 30.3. The van der Waals surface area contributed by atoms with Gasteiger partial charge in [0.25, 0.3) is 0 Å². The van der Waals surface area contributed by atoms with E-state index < -0.39 is 17.2 Å². The fourth-order valence-electron chi connectivity index (χ4n) is 6.92. The third kappa shape index (κ3) is 5.96. The van der Waals surface area contributed by atoms with Gasteiger partial charge in [0, 0.05) is 11.6 Å².